The number of anilines is 1. The lowest BCUT2D eigenvalue weighted by Gasteiger charge is -2.35. The van der Waals surface area contributed by atoms with Crippen LogP contribution >= 0.6 is 24.0 Å². The molecule has 1 aliphatic rings. The van der Waals surface area contributed by atoms with Crippen LogP contribution in [0.4, 0.5) is 10.1 Å². The van der Waals surface area contributed by atoms with Gasteiger partial charge in [-0.3, -0.25) is 9.79 Å². The molecule has 0 spiro atoms. The van der Waals surface area contributed by atoms with Crippen molar-refractivity contribution >= 4 is 41.5 Å². The lowest BCUT2D eigenvalue weighted by molar-refractivity contribution is -0.128. The lowest BCUT2D eigenvalue weighted by Crippen LogP contribution is -2.52. The maximum absolute atomic E-state index is 13.5. The number of hydrogen-bond acceptors (Lipinski definition) is 3. The number of benzene rings is 1. The van der Waals surface area contributed by atoms with Crippen molar-refractivity contribution in [2.75, 3.05) is 38.1 Å². The summed E-state index contributed by atoms with van der Waals surface area (Å²) in [5.41, 5.74) is 0.525. The van der Waals surface area contributed by atoms with Gasteiger partial charge in [0.15, 0.2) is 5.96 Å². The van der Waals surface area contributed by atoms with Crippen LogP contribution in [0.3, 0.4) is 0 Å². The van der Waals surface area contributed by atoms with Crippen molar-refractivity contribution in [2.24, 2.45) is 10.4 Å². The molecule has 2 rings (SSSR count). The highest BCUT2D eigenvalue weighted by atomic mass is 127. The first-order valence-corrected chi connectivity index (χ1v) is 9.55. The zero-order valence-corrected chi connectivity index (χ0v) is 19.5. The first kappa shape index (κ1) is 24.5. The first-order chi connectivity index (χ1) is 12.8. The standard InChI is InChI=1S/C20H32FN5O.HI/c1-20(2,3)18(27)23-10-11-24-19(22-4)25-16-8-6-12-26(14-16)17-9-5-7-15(21)13-17;/h5,7,9,13,16H,6,8,10-12,14H2,1-4H3,(H,23,27)(H2,22,24,25);1H. The van der Waals surface area contributed by atoms with Gasteiger partial charge in [-0.1, -0.05) is 26.8 Å². The van der Waals surface area contributed by atoms with E-state index in [4.69, 9.17) is 0 Å². The van der Waals surface area contributed by atoms with E-state index in [1.807, 2.05) is 26.8 Å². The summed E-state index contributed by atoms with van der Waals surface area (Å²) in [5, 5.41) is 9.57. The van der Waals surface area contributed by atoms with Crippen molar-refractivity contribution in [2.45, 2.75) is 39.7 Å². The van der Waals surface area contributed by atoms with E-state index >= 15 is 0 Å². The molecule has 28 heavy (non-hydrogen) atoms. The Morgan fingerprint density at radius 3 is 2.64 bits per heavy atom. The summed E-state index contributed by atoms with van der Waals surface area (Å²) in [6, 6.07) is 6.96. The van der Waals surface area contributed by atoms with E-state index in [0.717, 1.165) is 31.6 Å². The molecule has 1 heterocycles. The summed E-state index contributed by atoms with van der Waals surface area (Å²) in [6.45, 7) is 8.53. The van der Waals surface area contributed by atoms with Gasteiger partial charge in [0, 0.05) is 50.4 Å². The summed E-state index contributed by atoms with van der Waals surface area (Å²) in [6.07, 6.45) is 2.07. The van der Waals surface area contributed by atoms with E-state index in [-0.39, 0.29) is 47.2 Å². The van der Waals surface area contributed by atoms with Crippen LogP contribution in [0.2, 0.25) is 0 Å². The summed E-state index contributed by atoms with van der Waals surface area (Å²) in [5.74, 6) is 0.536. The Balaban J connectivity index is 0.00000392. The number of aliphatic imine (C=N–C) groups is 1. The van der Waals surface area contributed by atoms with Gasteiger partial charge < -0.3 is 20.9 Å². The fourth-order valence-electron chi connectivity index (χ4n) is 3.01. The van der Waals surface area contributed by atoms with Gasteiger partial charge in [-0.05, 0) is 31.0 Å². The summed E-state index contributed by atoms with van der Waals surface area (Å²) in [4.78, 5) is 18.3. The Morgan fingerprint density at radius 1 is 1.29 bits per heavy atom. The smallest absolute Gasteiger partial charge is 0.225 e. The average Bonchev–Trinajstić information content (AvgIpc) is 2.63. The molecule has 1 unspecified atom stereocenters. The molecule has 0 bridgehead atoms. The fourth-order valence-corrected chi connectivity index (χ4v) is 3.01. The quantitative estimate of drug-likeness (QED) is 0.249. The second-order valence-corrected chi connectivity index (χ2v) is 7.91. The van der Waals surface area contributed by atoms with Crippen LogP contribution in [0, 0.1) is 11.2 Å². The van der Waals surface area contributed by atoms with Crippen molar-refractivity contribution < 1.29 is 9.18 Å². The van der Waals surface area contributed by atoms with Crippen molar-refractivity contribution in [3.8, 4) is 0 Å². The minimum absolute atomic E-state index is 0. The maximum atomic E-state index is 13.5. The minimum Gasteiger partial charge on any atom is -0.369 e. The molecule has 1 amide bonds. The van der Waals surface area contributed by atoms with E-state index < -0.39 is 0 Å². The Kier molecular flexibility index (Phi) is 9.98. The summed E-state index contributed by atoms with van der Waals surface area (Å²) < 4.78 is 13.5. The van der Waals surface area contributed by atoms with Gasteiger partial charge in [0.1, 0.15) is 5.82 Å². The molecule has 6 nitrogen and oxygen atoms in total. The number of carbonyl (C=O) groups is 1. The molecule has 1 aromatic rings. The number of nitrogens with zero attached hydrogens (tertiary/aromatic N) is 2. The third-order valence-corrected chi connectivity index (χ3v) is 4.54. The molecular weight excluding hydrogens is 472 g/mol. The van der Waals surface area contributed by atoms with Crippen LogP contribution in [0.1, 0.15) is 33.6 Å². The van der Waals surface area contributed by atoms with E-state index in [9.17, 15) is 9.18 Å². The molecule has 0 saturated carbocycles. The van der Waals surface area contributed by atoms with E-state index in [1.165, 1.54) is 6.07 Å². The Bertz CT molecular complexity index is 662. The van der Waals surface area contributed by atoms with Crippen LogP contribution in [0.5, 0.6) is 0 Å². The van der Waals surface area contributed by atoms with Crippen LogP contribution in [-0.2, 0) is 4.79 Å². The molecule has 1 atom stereocenters. The van der Waals surface area contributed by atoms with Gasteiger partial charge in [-0.2, -0.15) is 0 Å². The molecule has 158 valence electrons. The largest absolute Gasteiger partial charge is 0.369 e. The molecular formula is C20H33FIN5O. The van der Waals surface area contributed by atoms with Gasteiger partial charge in [-0.15, -0.1) is 24.0 Å². The monoisotopic (exact) mass is 505 g/mol. The number of guanidine groups is 1. The number of halogens is 2. The fraction of sp³-hybridized carbons (Fsp3) is 0.600. The summed E-state index contributed by atoms with van der Waals surface area (Å²) >= 11 is 0. The van der Waals surface area contributed by atoms with Crippen LogP contribution in [0.25, 0.3) is 0 Å². The number of hydrogen-bond donors (Lipinski definition) is 3. The number of piperidine rings is 1. The van der Waals surface area contributed by atoms with E-state index in [0.29, 0.717) is 19.0 Å². The second kappa shape index (κ2) is 11.4. The maximum Gasteiger partial charge on any atom is 0.225 e. The second-order valence-electron chi connectivity index (χ2n) is 7.91. The normalized spacial score (nSPS) is 17.5. The summed E-state index contributed by atoms with van der Waals surface area (Å²) in [7, 11) is 1.73. The molecule has 1 aliphatic heterocycles. The Morgan fingerprint density at radius 2 is 2.00 bits per heavy atom. The van der Waals surface area contributed by atoms with Gasteiger partial charge in [0.2, 0.25) is 5.91 Å². The van der Waals surface area contributed by atoms with Crippen LogP contribution in [-0.4, -0.2) is 51.1 Å². The lowest BCUT2D eigenvalue weighted by atomic mass is 9.96. The molecule has 1 aromatic carbocycles. The minimum atomic E-state index is -0.387. The Hall–Kier alpha value is -1.58. The van der Waals surface area contributed by atoms with Crippen molar-refractivity contribution in [3.05, 3.63) is 30.1 Å². The van der Waals surface area contributed by atoms with Crippen LogP contribution in [0.15, 0.2) is 29.3 Å². The third-order valence-electron chi connectivity index (χ3n) is 4.54. The molecule has 1 fully saturated rings. The topological polar surface area (TPSA) is 68.8 Å². The number of nitrogens with one attached hydrogen (secondary N) is 3. The molecule has 0 aromatic heterocycles. The predicted octanol–water partition coefficient (Wildman–Crippen LogP) is 2.74. The number of carbonyl (C=O) groups excluding carboxylic acids is 1. The molecule has 8 heteroatoms. The first-order valence-electron chi connectivity index (χ1n) is 9.55. The highest BCUT2D eigenvalue weighted by Gasteiger charge is 2.22. The highest BCUT2D eigenvalue weighted by Crippen LogP contribution is 2.20. The van der Waals surface area contributed by atoms with Crippen molar-refractivity contribution in [1.82, 2.24) is 16.0 Å². The zero-order valence-electron chi connectivity index (χ0n) is 17.2. The molecule has 3 N–H and O–H groups in total. The predicted molar refractivity (Wildman–Crippen MR) is 124 cm³/mol. The van der Waals surface area contributed by atoms with E-state index in [2.05, 4.69) is 25.8 Å². The van der Waals surface area contributed by atoms with Gasteiger partial charge in [0.25, 0.3) is 0 Å². The van der Waals surface area contributed by atoms with Gasteiger partial charge in [0.05, 0.1) is 0 Å². The van der Waals surface area contributed by atoms with Gasteiger partial charge in [-0.25, -0.2) is 4.39 Å². The van der Waals surface area contributed by atoms with Gasteiger partial charge >= 0.3 is 0 Å². The highest BCUT2D eigenvalue weighted by molar-refractivity contribution is 14.0. The number of amides is 1. The third kappa shape index (κ3) is 7.81. The average molecular weight is 505 g/mol. The molecule has 0 radical (unpaired) electrons. The molecule has 0 aliphatic carbocycles. The zero-order chi connectivity index (χ0) is 19.9. The molecule has 1 saturated heterocycles. The van der Waals surface area contributed by atoms with Crippen LogP contribution < -0.4 is 20.9 Å². The van der Waals surface area contributed by atoms with Crippen molar-refractivity contribution in [1.29, 1.82) is 0 Å². The van der Waals surface area contributed by atoms with Crippen molar-refractivity contribution in [3.63, 3.8) is 0 Å². The Labute approximate surface area is 184 Å². The SMILES string of the molecule is CN=C(NCCNC(=O)C(C)(C)C)NC1CCCN(c2cccc(F)c2)C1.I. The number of rotatable bonds is 5. The van der Waals surface area contributed by atoms with E-state index in [1.54, 1.807) is 19.2 Å².